The van der Waals surface area contributed by atoms with E-state index in [1.54, 1.807) is 25.3 Å². The van der Waals surface area contributed by atoms with Crippen molar-refractivity contribution in [3.05, 3.63) is 53.5 Å². The molecule has 0 amide bonds. The Kier molecular flexibility index (Phi) is 4.45. The van der Waals surface area contributed by atoms with Gasteiger partial charge in [-0.25, -0.2) is 9.97 Å². The number of benzene rings is 1. The number of halogens is 3. The van der Waals surface area contributed by atoms with Gasteiger partial charge in [0.25, 0.3) is 0 Å². The molecule has 1 fully saturated rings. The Labute approximate surface area is 138 Å². The minimum Gasteiger partial charge on any atom is -0.370 e. The third kappa shape index (κ3) is 3.51. The summed E-state index contributed by atoms with van der Waals surface area (Å²) in [5, 5.41) is 0. The fraction of sp³-hybridized carbons (Fsp3) is 0.412. The van der Waals surface area contributed by atoms with Gasteiger partial charge in [-0.15, -0.1) is 0 Å². The topological polar surface area (TPSA) is 38.2 Å². The van der Waals surface area contributed by atoms with Crippen LogP contribution >= 0.6 is 0 Å². The first-order valence-corrected chi connectivity index (χ1v) is 7.69. The highest BCUT2D eigenvalue weighted by molar-refractivity contribution is 5.41. The molecule has 0 spiro atoms. The lowest BCUT2D eigenvalue weighted by Crippen LogP contribution is -2.45. The zero-order valence-corrected chi connectivity index (χ0v) is 13.4. The van der Waals surface area contributed by atoms with Crippen molar-refractivity contribution in [3.63, 3.8) is 0 Å². The predicted molar refractivity (Wildman–Crippen MR) is 83.7 cm³/mol. The molecule has 128 valence electrons. The number of ether oxygens (including phenoxy) is 1. The minimum atomic E-state index is -4.36. The molecule has 3 rings (SSSR count). The van der Waals surface area contributed by atoms with E-state index in [9.17, 15) is 13.2 Å². The van der Waals surface area contributed by atoms with E-state index >= 15 is 0 Å². The normalized spacial score (nSPS) is 21.8. The molecule has 1 aromatic carbocycles. The summed E-state index contributed by atoms with van der Waals surface area (Å²) in [6, 6.07) is 7.20. The first kappa shape index (κ1) is 16.7. The molecule has 1 aliphatic rings. The number of morpholine rings is 1. The molecule has 24 heavy (non-hydrogen) atoms. The molecule has 0 radical (unpaired) electrons. The van der Waals surface area contributed by atoms with Crippen LogP contribution in [0.2, 0.25) is 0 Å². The van der Waals surface area contributed by atoms with Crippen LogP contribution in [-0.4, -0.2) is 29.2 Å². The molecule has 0 unspecified atom stereocenters. The molecule has 2 atom stereocenters. The first-order valence-electron chi connectivity index (χ1n) is 7.69. The lowest BCUT2D eigenvalue weighted by atomic mass is 10.0. The van der Waals surface area contributed by atoms with Crippen LogP contribution in [0.3, 0.4) is 0 Å². The molecule has 0 aliphatic carbocycles. The molecule has 4 nitrogen and oxygen atoms in total. The largest absolute Gasteiger partial charge is 0.416 e. The van der Waals surface area contributed by atoms with Crippen LogP contribution in [0.15, 0.2) is 36.5 Å². The lowest BCUT2D eigenvalue weighted by Gasteiger charge is -2.39. The van der Waals surface area contributed by atoms with E-state index in [1.807, 2.05) is 11.8 Å². The predicted octanol–water partition coefficient (Wildman–Crippen LogP) is 3.77. The van der Waals surface area contributed by atoms with Gasteiger partial charge in [0, 0.05) is 6.20 Å². The molecule has 7 heteroatoms. The fourth-order valence-electron chi connectivity index (χ4n) is 2.80. The smallest absolute Gasteiger partial charge is 0.370 e. The summed E-state index contributed by atoms with van der Waals surface area (Å²) < 4.78 is 44.5. The van der Waals surface area contributed by atoms with E-state index < -0.39 is 17.8 Å². The van der Waals surface area contributed by atoms with Crippen molar-refractivity contribution in [2.24, 2.45) is 0 Å². The average molecular weight is 337 g/mol. The van der Waals surface area contributed by atoms with E-state index in [4.69, 9.17) is 4.74 Å². The monoisotopic (exact) mass is 337 g/mol. The van der Waals surface area contributed by atoms with Crippen molar-refractivity contribution in [2.45, 2.75) is 32.2 Å². The Balaban J connectivity index is 1.86. The third-order valence-corrected chi connectivity index (χ3v) is 4.07. The Hall–Kier alpha value is -2.15. The summed E-state index contributed by atoms with van der Waals surface area (Å²) in [7, 11) is 0. The fourth-order valence-corrected chi connectivity index (χ4v) is 2.80. The maximum atomic E-state index is 12.9. The maximum absolute atomic E-state index is 12.9. The van der Waals surface area contributed by atoms with Crippen LogP contribution < -0.4 is 4.90 Å². The van der Waals surface area contributed by atoms with Crippen molar-refractivity contribution < 1.29 is 17.9 Å². The summed E-state index contributed by atoms with van der Waals surface area (Å²) in [6.45, 7) is 4.67. The van der Waals surface area contributed by atoms with Crippen LogP contribution in [0.1, 0.15) is 30.0 Å². The van der Waals surface area contributed by atoms with Crippen molar-refractivity contribution >= 4 is 5.82 Å². The third-order valence-electron chi connectivity index (χ3n) is 4.07. The average Bonchev–Trinajstić information content (AvgIpc) is 2.54. The zero-order valence-electron chi connectivity index (χ0n) is 13.4. The van der Waals surface area contributed by atoms with Crippen molar-refractivity contribution in [3.8, 4) is 0 Å². The van der Waals surface area contributed by atoms with Gasteiger partial charge in [0.05, 0.1) is 24.8 Å². The van der Waals surface area contributed by atoms with Gasteiger partial charge in [0.2, 0.25) is 0 Å². The number of hydrogen-bond donors (Lipinski definition) is 0. The summed E-state index contributed by atoms with van der Waals surface area (Å²) in [4.78, 5) is 10.5. The Morgan fingerprint density at radius 3 is 2.75 bits per heavy atom. The zero-order chi connectivity index (χ0) is 17.3. The molecule has 0 N–H and O–H groups in total. The van der Waals surface area contributed by atoms with Crippen LogP contribution in [0, 0.1) is 6.92 Å². The molecule has 2 heterocycles. The van der Waals surface area contributed by atoms with E-state index in [2.05, 4.69) is 9.97 Å². The molecule has 0 saturated carbocycles. The summed E-state index contributed by atoms with van der Waals surface area (Å²) >= 11 is 0. The number of aryl methyl sites for hydroxylation is 1. The number of anilines is 1. The van der Waals surface area contributed by atoms with E-state index in [-0.39, 0.29) is 6.04 Å². The SMILES string of the molecule is Cc1nccc(N2C[C@@H](c3cccc(C(F)(F)F)c3)OC[C@@H]2C)n1. The Bertz CT molecular complexity index is 720. The van der Waals surface area contributed by atoms with Gasteiger partial charge in [-0.2, -0.15) is 13.2 Å². The molecule has 2 aromatic rings. The van der Waals surface area contributed by atoms with Crippen LogP contribution in [0.4, 0.5) is 19.0 Å². The van der Waals surface area contributed by atoms with E-state index in [0.29, 0.717) is 24.5 Å². The second-order valence-electron chi connectivity index (χ2n) is 5.91. The van der Waals surface area contributed by atoms with E-state index in [1.165, 1.54) is 6.07 Å². The van der Waals surface area contributed by atoms with Gasteiger partial charge >= 0.3 is 6.18 Å². The number of rotatable bonds is 2. The number of alkyl halides is 3. The summed E-state index contributed by atoms with van der Waals surface area (Å²) in [5.41, 5.74) is -0.140. The van der Waals surface area contributed by atoms with Crippen LogP contribution in [0.25, 0.3) is 0 Å². The molecule has 1 saturated heterocycles. The first-order chi connectivity index (χ1) is 11.3. The quantitative estimate of drug-likeness (QED) is 0.836. The summed E-state index contributed by atoms with van der Waals surface area (Å²) in [5.74, 6) is 1.41. The number of hydrogen-bond acceptors (Lipinski definition) is 4. The Morgan fingerprint density at radius 1 is 1.25 bits per heavy atom. The van der Waals surface area contributed by atoms with Crippen molar-refractivity contribution in [2.75, 3.05) is 18.1 Å². The summed E-state index contributed by atoms with van der Waals surface area (Å²) in [6.07, 6.45) is -3.11. The second kappa shape index (κ2) is 6.39. The van der Waals surface area contributed by atoms with Crippen LogP contribution in [0.5, 0.6) is 0 Å². The van der Waals surface area contributed by atoms with E-state index in [0.717, 1.165) is 18.0 Å². The van der Waals surface area contributed by atoms with Gasteiger partial charge in [0.1, 0.15) is 17.7 Å². The highest BCUT2D eigenvalue weighted by atomic mass is 19.4. The number of aromatic nitrogens is 2. The van der Waals surface area contributed by atoms with Gasteiger partial charge in [-0.3, -0.25) is 0 Å². The Morgan fingerprint density at radius 2 is 2.04 bits per heavy atom. The highest BCUT2D eigenvalue weighted by Crippen LogP contribution is 2.33. The maximum Gasteiger partial charge on any atom is 0.416 e. The molecule has 0 bridgehead atoms. The number of nitrogens with zero attached hydrogens (tertiary/aromatic N) is 3. The van der Waals surface area contributed by atoms with Gasteiger partial charge in [-0.1, -0.05) is 12.1 Å². The van der Waals surface area contributed by atoms with Crippen molar-refractivity contribution in [1.82, 2.24) is 9.97 Å². The second-order valence-corrected chi connectivity index (χ2v) is 5.91. The lowest BCUT2D eigenvalue weighted by molar-refractivity contribution is -0.137. The van der Waals surface area contributed by atoms with Crippen molar-refractivity contribution in [1.29, 1.82) is 0 Å². The molecule has 1 aromatic heterocycles. The molecular weight excluding hydrogens is 319 g/mol. The van der Waals surface area contributed by atoms with Gasteiger partial charge in [-0.05, 0) is 37.6 Å². The van der Waals surface area contributed by atoms with Gasteiger partial charge < -0.3 is 9.64 Å². The molecular formula is C17H18F3N3O. The van der Waals surface area contributed by atoms with Crippen LogP contribution in [-0.2, 0) is 10.9 Å². The standard InChI is InChI=1S/C17H18F3N3O/c1-11-10-24-15(9-23(11)16-6-7-21-12(2)22-16)13-4-3-5-14(8-13)17(18,19)20/h3-8,11,15H,9-10H2,1-2H3/t11-,15-/m0/s1. The van der Waals surface area contributed by atoms with Gasteiger partial charge in [0.15, 0.2) is 0 Å². The highest BCUT2D eigenvalue weighted by Gasteiger charge is 2.33. The molecule has 1 aliphatic heterocycles. The minimum absolute atomic E-state index is 0.0846.